The highest BCUT2D eigenvalue weighted by Gasteiger charge is 2.14. The summed E-state index contributed by atoms with van der Waals surface area (Å²) in [5, 5.41) is 4.01. The van der Waals surface area contributed by atoms with Crippen molar-refractivity contribution >= 4 is 27.8 Å². The van der Waals surface area contributed by atoms with Crippen molar-refractivity contribution in [1.29, 1.82) is 0 Å². The van der Waals surface area contributed by atoms with Gasteiger partial charge in [0.25, 0.3) is 15.9 Å². The molecule has 0 spiro atoms. The van der Waals surface area contributed by atoms with Crippen LogP contribution in [0.3, 0.4) is 0 Å². The van der Waals surface area contributed by atoms with E-state index in [1.165, 1.54) is 30.5 Å². The van der Waals surface area contributed by atoms with Gasteiger partial charge < -0.3 is 4.74 Å². The molecule has 0 radical (unpaired) electrons. The maximum Gasteiger partial charge on any atom is 0.271 e. The molecule has 0 fully saturated rings. The number of rotatable bonds is 9. The number of carbonyl (C=O) groups excluding carboxylic acids is 1. The molecule has 0 heterocycles. The average molecular weight is 500 g/mol. The highest BCUT2D eigenvalue weighted by Crippen LogP contribution is 2.18. The molecule has 7 nitrogen and oxygen atoms in total. The monoisotopic (exact) mass is 499 g/mol. The molecule has 36 heavy (non-hydrogen) atoms. The number of anilines is 1. The number of nitrogens with zero attached hydrogens (tertiary/aromatic N) is 1. The van der Waals surface area contributed by atoms with Crippen LogP contribution in [0.4, 0.5) is 5.69 Å². The summed E-state index contributed by atoms with van der Waals surface area (Å²) in [7, 11) is -3.72. The van der Waals surface area contributed by atoms with Crippen LogP contribution in [0.2, 0.25) is 0 Å². The van der Waals surface area contributed by atoms with Gasteiger partial charge in [-0.1, -0.05) is 60.2 Å². The molecule has 0 aliphatic carbocycles. The van der Waals surface area contributed by atoms with Crippen LogP contribution in [0, 0.1) is 6.92 Å². The highest BCUT2D eigenvalue weighted by atomic mass is 32.2. The molecule has 0 aromatic heterocycles. The summed E-state index contributed by atoms with van der Waals surface area (Å²) in [4.78, 5) is 12.6. The van der Waals surface area contributed by atoms with Crippen molar-refractivity contribution in [2.75, 3.05) is 4.72 Å². The van der Waals surface area contributed by atoms with Gasteiger partial charge in [0.15, 0.2) is 0 Å². The lowest BCUT2D eigenvalue weighted by atomic mass is 10.2. The largest absolute Gasteiger partial charge is 0.489 e. The second-order valence-electron chi connectivity index (χ2n) is 8.04. The number of nitrogens with one attached hydrogen (secondary N) is 2. The van der Waals surface area contributed by atoms with Crippen molar-refractivity contribution in [3.05, 3.63) is 125 Å². The molecule has 0 atom stereocenters. The van der Waals surface area contributed by atoms with Crippen LogP contribution in [0.5, 0.6) is 5.75 Å². The molecule has 0 aliphatic rings. The van der Waals surface area contributed by atoms with E-state index in [1.54, 1.807) is 24.3 Å². The number of amides is 1. The predicted molar refractivity (Wildman–Crippen MR) is 141 cm³/mol. The van der Waals surface area contributed by atoms with Gasteiger partial charge in [0.1, 0.15) is 12.4 Å². The Morgan fingerprint density at radius 1 is 0.889 bits per heavy atom. The fourth-order valence-electron chi connectivity index (χ4n) is 3.28. The third-order valence-corrected chi connectivity index (χ3v) is 6.61. The quantitative estimate of drug-likeness (QED) is 0.246. The van der Waals surface area contributed by atoms with Gasteiger partial charge in [-0.2, -0.15) is 5.10 Å². The van der Waals surface area contributed by atoms with E-state index >= 15 is 0 Å². The molecule has 1 amide bonds. The molecule has 4 aromatic rings. The Labute approximate surface area is 210 Å². The predicted octanol–water partition coefficient (Wildman–Crippen LogP) is 5.14. The number of carbonyl (C=O) groups is 1. The maximum absolute atomic E-state index is 12.5. The summed E-state index contributed by atoms with van der Waals surface area (Å²) < 4.78 is 33.4. The zero-order valence-electron chi connectivity index (χ0n) is 19.6. The van der Waals surface area contributed by atoms with E-state index in [-0.39, 0.29) is 4.90 Å². The second kappa shape index (κ2) is 11.3. The van der Waals surface area contributed by atoms with Crippen LogP contribution in [-0.2, 0) is 16.6 Å². The Morgan fingerprint density at radius 2 is 1.61 bits per heavy atom. The van der Waals surface area contributed by atoms with E-state index in [2.05, 4.69) is 15.2 Å². The number of hydrogen-bond donors (Lipinski definition) is 2. The van der Waals surface area contributed by atoms with Gasteiger partial charge >= 0.3 is 0 Å². The van der Waals surface area contributed by atoms with Crippen LogP contribution in [-0.4, -0.2) is 20.5 Å². The summed E-state index contributed by atoms with van der Waals surface area (Å²) >= 11 is 0. The molecule has 4 aromatic carbocycles. The molecular formula is C28H25N3O4S. The van der Waals surface area contributed by atoms with Gasteiger partial charge in [-0.3, -0.25) is 9.52 Å². The highest BCUT2D eigenvalue weighted by molar-refractivity contribution is 7.92. The lowest BCUT2D eigenvalue weighted by Gasteiger charge is -2.09. The fourth-order valence-corrected chi connectivity index (χ4v) is 4.34. The molecule has 0 saturated carbocycles. The number of aryl methyl sites for hydroxylation is 1. The molecule has 0 aliphatic heterocycles. The Bertz CT molecular complexity index is 1450. The third kappa shape index (κ3) is 6.80. The minimum atomic E-state index is -3.72. The van der Waals surface area contributed by atoms with E-state index in [0.29, 0.717) is 23.6 Å². The fraction of sp³-hybridized carbons (Fsp3) is 0.0714. The van der Waals surface area contributed by atoms with Gasteiger partial charge in [0.2, 0.25) is 0 Å². The summed E-state index contributed by atoms with van der Waals surface area (Å²) in [6, 6.07) is 29.9. The zero-order chi connectivity index (χ0) is 25.4. The minimum Gasteiger partial charge on any atom is -0.489 e. The molecule has 182 valence electrons. The van der Waals surface area contributed by atoms with Crippen LogP contribution in [0.15, 0.2) is 113 Å². The lowest BCUT2D eigenvalue weighted by Crippen LogP contribution is -2.18. The van der Waals surface area contributed by atoms with E-state index < -0.39 is 15.9 Å². The first-order chi connectivity index (χ1) is 17.4. The van der Waals surface area contributed by atoms with Gasteiger partial charge in [-0.15, -0.1) is 0 Å². The van der Waals surface area contributed by atoms with Crippen molar-refractivity contribution in [3.63, 3.8) is 0 Å². The van der Waals surface area contributed by atoms with Crippen molar-refractivity contribution in [3.8, 4) is 5.75 Å². The lowest BCUT2D eigenvalue weighted by molar-refractivity contribution is 0.0955. The van der Waals surface area contributed by atoms with Gasteiger partial charge in [-0.05, 0) is 66.6 Å². The van der Waals surface area contributed by atoms with Crippen molar-refractivity contribution in [1.82, 2.24) is 5.43 Å². The molecule has 0 unspecified atom stereocenters. The summed E-state index contributed by atoms with van der Waals surface area (Å²) in [6.07, 6.45) is 1.53. The number of sulfonamides is 1. The Hall–Kier alpha value is -4.43. The Morgan fingerprint density at radius 3 is 2.33 bits per heavy atom. The standard InChI is InChI=1S/C28H25N3O4S/c1-21-10-16-27(17-11-21)36(33,34)31-25-14-12-24(13-15-25)28(32)30-29-19-23-8-5-9-26(18-23)35-20-22-6-3-2-4-7-22/h2-19,31H,20H2,1H3,(H,30,32)/b29-19-. The normalized spacial score (nSPS) is 11.2. The molecule has 2 N–H and O–H groups in total. The molecule has 4 rings (SSSR count). The average Bonchev–Trinajstić information content (AvgIpc) is 2.89. The smallest absolute Gasteiger partial charge is 0.271 e. The second-order valence-corrected chi connectivity index (χ2v) is 9.72. The van der Waals surface area contributed by atoms with Gasteiger partial charge in [-0.25, -0.2) is 13.8 Å². The van der Waals surface area contributed by atoms with Crippen LogP contribution in [0.25, 0.3) is 0 Å². The number of hydrazone groups is 1. The maximum atomic E-state index is 12.5. The Kier molecular flexibility index (Phi) is 7.77. The first-order valence-electron chi connectivity index (χ1n) is 11.2. The van der Waals surface area contributed by atoms with Crippen molar-refractivity contribution in [2.45, 2.75) is 18.4 Å². The molecule has 8 heteroatoms. The zero-order valence-corrected chi connectivity index (χ0v) is 20.4. The molecule has 0 saturated heterocycles. The SMILES string of the molecule is Cc1ccc(S(=O)(=O)Nc2ccc(C(=O)N/N=C\c3cccc(OCc4ccccc4)c3)cc2)cc1. The van der Waals surface area contributed by atoms with Crippen molar-refractivity contribution in [2.24, 2.45) is 5.10 Å². The van der Waals surface area contributed by atoms with Gasteiger partial charge in [0, 0.05) is 11.3 Å². The molecular weight excluding hydrogens is 474 g/mol. The number of benzene rings is 4. The number of ether oxygens (including phenoxy) is 1. The summed E-state index contributed by atoms with van der Waals surface area (Å²) in [5.74, 6) is 0.272. The number of hydrogen-bond acceptors (Lipinski definition) is 5. The van der Waals surface area contributed by atoms with Crippen LogP contribution in [0.1, 0.15) is 27.0 Å². The van der Waals surface area contributed by atoms with E-state index in [0.717, 1.165) is 16.7 Å². The van der Waals surface area contributed by atoms with E-state index in [1.807, 2.05) is 61.5 Å². The van der Waals surface area contributed by atoms with Crippen molar-refractivity contribution < 1.29 is 17.9 Å². The van der Waals surface area contributed by atoms with Crippen LogP contribution >= 0.6 is 0 Å². The van der Waals surface area contributed by atoms with E-state index in [9.17, 15) is 13.2 Å². The summed E-state index contributed by atoms with van der Waals surface area (Å²) in [6.45, 7) is 2.34. The topological polar surface area (TPSA) is 96.9 Å². The Balaban J connectivity index is 1.32. The third-order valence-electron chi connectivity index (χ3n) is 5.22. The minimum absolute atomic E-state index is 0.166. The molecule has 0 bridgehead atoms. The first kappa shape index (κ1) is 24.7. The van der Waals surface area contributed by atoms with Gasteiger partial charge in [0.05, 0.1) is 11.1 Å². The van der Waals surface area contributed by atoms with Crippen LogP contribution < -0.4 is 14.9 Å². The summed E-state index contributed by atoms with van der Waals surface area (Å²) in [5.41, 5.74) is 5.96. The van der Waals surface area contributed by atoms with E-state index in [4.69, 9.17) is 4.74 Å². The first-order valence-corrected chi connectivity index (χ1v) is 12.7.